The molecule has 2 heterocycles. The molecule has 0 saturated carbocycles. The van der Waals surface area contributed by atoms with Gasteiger partial charge in [0.05, 0.1) is 21.9 Å². The lowest BCUT2D eigenvalue weighted by molar-refractivity contribution is -0.122. The lowest BCUT2D eigenvalue weighted by atomic mass is 10.1. The van der Waals surface area contributed by atoms with Crippen molar-refractivity contribution in [3.63, 3.8) is 0 Å². The molecule has 1 unspecified atom stereocenters. The van der Waals surface area contributed by atoms with Gasteiger partial charge in [-0.25, -0.2) is 18.5 Å². The first-order chi connectivity index (χ1) is 17.5. The fraction of sp³-hybridized carbons (Fsp3) is 0.200. The fourth-order valence-electron chi connectivity index (χ4n) is 4.06. The molecule has 0 spiro atoms. The second-order valence-electron chi connectivity index (χ2n) is 8.43. The quantitative estimate of drug-likeness (QED) is 0.419. The summed E-state index contributed by atoms with van der Waals surface area (Å²) < 4.78 is 23.0. The summed E-state index contributed by atoms with van der Waals surface area (Å²) in [5.74, 6) is -1.58. The summed E-state index contributed by atoms with van der Waals surface area (Å²) in [6.07, 6.45) is 0.152. The van der Waals surface area contributed by atoms with Crippen molar-refractivity contribution in [2.24, 2.45) is 5.14 Å². The minimum Gasteiger partial charge on any atom is -0.326 e. The summed E-state index contributed by atoms with van der Waals surface area (Å²) in [5, 5.41) is 9.53. The molecule has 1 aromatic heterocycles. The molecule has 1 aliphatic rings. The smallest absolute Gasteiger partial charge is 0.264 e. The van der Waals surface area contributed by atoms with Crippen LogP contribution in [0.4, 0.5) is 11.4 Å². The number of nitrogens with two attached hydrogens (primary N) is 1. The molecule has 4 rings (SSSR count). The van der Waals surface area contributed by atoms with Gasteiger partial charge in [-0.05, 0) is 59.8 Å². The summed E-state index contributed by atoms with van der Waals surface area (Å²) in [6.45, 7) is 1.50. The molecule has 1 fully saturated rings. The molecular formula is C25H24N4O6S2. The van der Waals surface area contributed by atoms with Gasteiger partial charge in [-0.1, -0.05) is 18.2 Å². The van der Waals surface area contributed by atoms with Crippen LogP contribution in [0.1, 0.15) is 28.6 Å². The van der Waals surface area contributed by atoms with E-state index in [9.17, 15) is 27.6 Å². The highest BCUT2D eigenvalue weighted by Crippen LogP contribution is 2.28. The van der Waals surface area contributed by atoms with Crippen molar-refractivity contribution in [1.82, 2.24) is 4.90 Å². The van der Waals surface area contributed by atoms with Crippen LogP contribution in [-0.2, 0) is 30.8 Å². The number of hydrogen-bond acceptors (Lipinski definition) is 7. The van der Waals surface area contributed by atoms with E-state index in [1.807, 2.05) is 0 Å². The van der Waals surface area contributed by atoms with Crippen molar-refractivity contribution in [1.29, 1.82) is 0 Å². The third-order valence-corrected chi connectivity index (χ3v) is 7.62. The summed E-state index contributed by atoms with van der Waals surface area (Å²) in [6, 6.07) is 14.6. The Kier molecular flexibility index (Phi) is 7.52. The number of anilines is 2. The number of amides is 4. The third kappa shape index (κ3) is 5.93. The number of sulfonamides is 1. The van der Waals surface area contributed by atoms with E-state index in [0.717, 1.165) is 10.5 Å². The molecule has 3 N–H and O–H groups in total. The predicted octanol–water partition coefficient (Wildman–Crippen LogP) is 2.37. The molecule has 2 aromatic carbocycles. The molecule has 1 atom stereocenters. The lowest BCUT2D eigenvalue weighted by Gasteiger charge is -2.27. The molecule has 3 aromatic rings. The van der Waals surface area contributed by atoms with E-state index in [-0.39, 0.29) is 29.7 Å². The van der Waals surface area contributed by atoms with Gasteiger partial charge in [0, 0.05) is 19.2 Å². The number of rotatable bonds is 8. The highest BCUT2D eigenvalue weighted by Gasteiger charge is 2.44. The Labute approximate surface area is 217 Å². The summed E-state index contributed by atoms with van der Waals surface area (Å²) >= 11 is 1.23. The van der Waals surface area contributed by atoms with Gasteiger partial charge < -0.3 is 10.2 Å². The van der Waals surface area contributed by atoms with Crippen molar-refractivity contribution in [2.45, 2.75) is 30.7 Å². The van der Waals surface area contributed by atoms with Crippen molar-refractivity contribution in [2.75, 3.05) is 16.8 Å². The van der Waals surface area contributed by atoms with E-state index in [2.05, 4.69) is 5.32 Å². The van der Waals surface area contributed by atoms with Gasteiger partial charge in [0.2, 0.25) is 21.8 Å². The van der Waals surface area contributed by atoms with Crippen LogP contribution in [-0.4, -0.2) is 49.5 Å². The van der Waals surface area contributed by atoms with Crippen LogP contribution in [0.15, 0.2) is 70.9 Å². The maximum atomic E-state index is 13.4. The summed E-state index contributed by atoms with van der Waals surface area (Å²) in [7, 11) is -3.83. The second kappa shape index (κ2) is 10.6. The zero-order valence-corrected chi connectivity index (χ0v) is 21.4. The zero-order valence-electron chi connectivity index (χ0n) is 19.8. The van der Waals surface area contributed by atoms with Crippen LogP contribution in [0.3, 0.4) is 0 Å². The first-order valence-electron chi connectivity index (χ1n) is 11.3. The number of carbonyl (C=O) groups is 4. The molecule has 1 aliphatic heterocycles. The van der Waals surface area contributed by atoms with Crippen molar-refractivity contribution < 1.29 is 27.6 Å². The monoisotopic (exact) mass is 540 g/mol. The Bertz CT molecular complexity index is 1440. The van der Waals surface area contributed by atoms with Crippen LogP contribution in [0.25, 0.3) is 0 Å². The van der Waals surface area contributed by atoms with Crippen LogP contribution in [0.2, 0.25) is 0 Å². The van der Waals surface area contributed by atoms with E-state index >= 15 is 0 Å². The first-order valence-corrected chi connectivity index (χ1v) is 13.7. The molecule has 0 aliphatic carbocycles. The van der Waals surface area contributed by atoms with Crippen molar-refractivity contribution in [3.05, 3.63) is 76.5 Å². The molecule has 12 heteroatoms. The van der Waals surface area contributed by atoms with Gasteiger partial charge in [-0.2, -0.15) is 0 Å². The van der Waals surface area contributed by atoms with Gasteiger partial charge >= 0.3 is 0 Å². The standard InChI is InChI=1S/C25H24N4O6S2/c1-16(30)27-18-6-8-19(9-7-18)29-23(31)15-21(24(29)32)28(25(33)22-3-2-14-36-22)13-12-17-4-10-20(11-5-17)37(26,34)35/h2-11,14,21H,12-13,15H2,1H3,(H,27,30)(H2,26,34,35). The average molecular weight is 541 g/mol. The van der Waals surface area contributed by atoms with Crippen molar-refractivity contribution >= 4 is 56.4 Å². The number of thiophene rings is 1. The number of imide groups is 1. The van der Waals surface area contributed by atoms with E-state index in [1.165, 1.54) is 35.3 Å². The molecule has 192 valence electrons. The van der Waals surface area contributed by atoms with E-state index in [4.69, 9.17) is 5.14 Å². The fourth-order valence-corrected chi connectivity index (χ4v) is 5.26. The molecule has 10 nitrogen and oxygen atoms in total. The Balaban J connectivity index is 1.57. The van der Waals surface area contributed by atoms with Gasteiger partial charge in [0.15, 0.2) is 0 Å². The van der Waals surface area contributed by atoms with Crippen molar-refractivity contribution in [3.8, 4) is 0 Å². The number of nitrogens with zero attached hydrogens (tertiary/aromatic N) is 2. The van der Waals surface area contributed by atoms with E-state index in [1.54, 1.807) is 53.9 Å². The number of hydrogen-bond donors (Lipinski definition) is 2. The van der Waals surface area contributed by atoms with Gasteiger partial charge in [0.25, 0.3) is 11.8 Å². The topological polar surface area (TPSA) is 147 Å². The Morgan fingerprint density at radius 2 is 1.76 bits per heavy atom. The van der Waals surface area contributed by atoms with Gasteiger partial charge in [0.1, 0.15) is 6.04 Å². The van der Waals surface area contributed by atoms with E-state index in [0.29, 0.717) is 22.7 Å². The normalized spacial score (nSPS) is 15.6. The molecular weight excluding hydrogens is 516 g/mol. The van der Waals surface area contributed by atoms with E-state index < -0.39 is 27.9 Å². The zero-order chi connectivity index (χ0) is 26.7. The summed E-state index contributed by atoms with van der Waals surface area (Å²) in [5.41, 5.74) is 1.60. The van der Waals surface area contributed by atoms with Gasteiger partial charge in [-0.15, -0.1) is 11.3 Å². The molecule has 0 radical (unpaired) electrons. The summed E-state index contributed by atoms with van der Waals surface area (Å²) in [4.78, 5) is 53.8. The minimum atomic E-state index is -3.83. The minimum absolute atomic E-state index is 0.0282. The molecule has 37 heavy (non-hydrogen) atoms. The highest BCUT2D eigenvalue weighted by atomic mass is 32.2. The maximum absolute atomic E-state index is 13.4. The number of primary sulfonamides is 1. The third-order valence-electron chi connectivity index (χ3n) is 5.83. The number of nitrogens with one attached hydrogen (secondary N) is 1. The lowest BCUT2D eigenvalue weighted by Crippen LogP contribution is -2.46. The first kappa shape index (κ1) is 26.2. The van der Waals surface area contributed by atoms with Crippen LogP contribution in [0.5, 0.6) is 0 Å². The Morgan fingerprint density at radius 1 is 1.08 bits per heavy atom. The largest absolute Gasteiger partial charge is 0.326 e. The Hall–Kier alpha value is -3.87. The molecule has 0 bridgehead atoms. The van der Waals surface area contributed by atoms with Crippen LogP contribution < -0.4 is 15.4 Å². The average Bonchev–Trinajstić information content (AvgIpc) is 3.48. The molecule has 1 saturated heterocycles. The SMILES string of the molecule is CC(=O)Nc1ccc(N2C(=O)CC(N(CCc3ccc(S(N)(=O)=O)cc3)C(=O)c3cccs3)C2=O)cc1. The maximum Gasteiger partial charge on any atom is 0.264 e. The number of benzene rings is 2. The van der Waals surface area contributed by atoms with Crippen LogP contribution >= 0.6 is 11.3 Å². The highest BCUT2D eigenvalue weighted by molar-refractivity contribution is 7.89. The Morgan fingerprint density at radius 3 is 2.32 bits per heavy atom. The number of carbonyl (C=O) groups excluding carboxylic acids is 4. The molecule has 4 amide bonds. The predicted molar refractivity (Wildman–Crippen MR) is 139 cm³/mol. The van der Waals surface area contributed by atoms with Gasteiger partial charge in [-0.3, -0.25) is 19.2 Å². The second-order valence-corrected chi connectivity index (χ2v) is 10.9. The van der Waals surface area contributed by atoms with Crippen LogP contribution in [0, 0.1) is 0 Å².